The molecule has 1 aromatic heterocycles. The van der Waals surface area contributed by atoms with Crippen LogP contribution in [0.15, 0.2) is 47.1 Å². The topological polar surface area (TPSA) is 63.0 Å². The van der Waals surface area contributed by atoms with Crippen LogP contribution in [0.1, 0.15) is 42.8 Å². The number of amides is 2. The van der Waals surface area contributed by atoms with E-state index in [0.717, 1.165) is 12.8 Å². The normalized spacial score (nSPS) is 16.2. The summed E-state index contributed by atoms with van der Waals surface area (Å²) < 4.78 is 25.2. The molecule has 6 nitrogen and oxygen atoms in total. The van der Waals surface area contributed by atoms with Crippen molar-refractivity contribution in [3.8, 4) is 0 Å². The van der Waals surface area contributed by atoms with Crippen LogP contribution in [0, 0.1) is 5.82 Å². The van der Waals surface area contributed by atoms with Gasteiger partial charge >= 0.3 is 0 Å². The van der Waals surface area contributed by atoms with E-state index < -0.39 is 11.7 Å². The molecule has 1 saturated heterocycles. The molecule has 2 heterocycles. The molecule has 1 atom stereocenters. The van der Waals surface area contributed by atoms with Crippen molar-refractivity contribution in [1.29, 1.82) is 0 Å². The molecule has 0 aliphatic carbocycles. The molecule has 3 rings (SSSR count). The van der Waals surface area contributed by atoms with Gasteiger partial charge in [-0.1, -0.05) is 12.1 Å². The number of rotatable bonds is 8. The first kappa shape index (κ1) is 21.0. The lowest BCUT2D eigenvalue weighted by molar-refractivity contribution is -0.134. The number of hydrogen-bond acceptors (Lipinski definition) is 4. The summed E-state index contributed by atoms with van der Waals surface area (Å²) in [6.07, 6.45) is 3.40. The Labute approximate surface area is 170 Å². The molecule has 0 radical (unpaired) electrons. The summed E-state index contributed by atoms with van der Waals surface area (Å²) in [6.45, 7) is 4.90. The molecule has 1 aromatic carbocycles. The van der Waals surface area contributed by atoms with Crippen LogP contribution in [0.5, 0.6) is 0 Å². The van der Waals surface area contributed by atoms with Gasteiger partial charge in [0.15, 0.2) is 0 Å². The van der Waals surface area contributed by atoms with Crippen LogP contribution in [0.2, 0.25) is 0 Å². The molecular formula is C22H27FN2O4. The maximum atomic E-state index is 14.1. The number of ether oxygens (including phenoxy) is 1. The smallest absolute Gasteiger partial charge is 0.257 e. The predicted octanol–water partition coefficient (Wildman–Crippen LogP) is 3.48. The zero-order valence-corrected chi connectivity index (χ0v) is 16.8. The highest BCUT2D eigenvalue weighted by molar-refractivity contribution is 5.97. The van der Waals surface area contributed by atoms with Gasteiger partial charge in [0.1, 0.15) is 18.1 Å². The Morgan fingerprint density at radius 3 is 2.62 bits per heavy atom. The Morgan fingerprint density at radius 2 is 2.00 bits per heavy atom. The number of nitrogens with zero attached hydrogens (tertiary/aromatic N) is 2. The van der Waals surface area contributed by atoms with Crippen molar-refractivity contribution in [3.05, 3.63) is 59.8 Å². The second-order valence-corrected chi connectivity index (χ2v) is 7.50. The minimum atomic E-state index is -0.595. The molecule has 2 amide bonds. The fraction of sp³-hybridized carbons (Fsp3) is 0.455. The average molecular weight is 402 g/mol. The lowest BCUT2D eigenvalue weighted by Gasteiger charge is -2.31. The highest BCUT2D eigenvalue weighted by atomic mass is 19.1. The van der Waals surface area contributed by atoms with Gasteiger partial charge in [-0.05, 0) is 51.0 Å². The Kier molecular flexibility index (Phi) is 7.04. The molecule has 1 aliphatic heterocycles. The van der Waals surface area contributed by atoms with Crippen LogP contribution in [0.25, 0.3) is 0 Å². The number of carbonyl (C=O) groups is 2. The molecule has 0 unspecified atom stereocenters. The minimum Gasteiger partial charge on any atom is -0.467 e. The molecule has 0 spiro atoms. The summed E-state index contributed by atoms with van der Waals surface area (Å²) in [4.78, 5) is 29.1. The highest BCUT2D eigenvalue weighted by Gasteiger charge is 2.28. The predicted molar refractivity (Wildman–Crippen MR) is 106 cm³/mol. The van der Waals surface area contributed by atoms with Gasteiger partial charge in [0.05, 0.1) is 24.5 Å². The lowest BCUT2D eigenvalue weighted by atomic mass is 10.1. The van der Waals surface area contributed by atoms with Gasteiger partial charge in [0.25, 0.3) is 5.91 Å². The van der Waals surface area contributed by atoms with Crippen molar-refractivity contribution >= 4 is 11.8 Å². The van der Waals surface area contributed by atoms with Crippen LogP contribution >= 0.6 is 0 Å². The SMILES string of the molecule is CC(C)N(CC(=O)N(Cc1ccco1)C[C@H]1CCCO1)C(=O)c1ccccc1F. The molecule has 7 heteroatoms. The van der Waals surface area contributed by atoms with E-state index in [1.54, 1.807) is 29.4 Å². The van der Waals surface area contributed by atoms with E-state index >= 15 is 0 Å². The Morgan fingerprint density at radius 1 is 1.21 bits per heavy atom. The number of benzene rings is 1. The summed E-state index contributed by atoms with van der Waals surface area (Å²) in [5.41, 5.74) is -0.0364. The van der Waals surface area contributed by atoms with E-state index in [9.17, 15) is 14.0 Å². The first-order valence-corrected chi connectivity index (χ1v) is 9.93. The second kappa shape index (κ2) is 9.69. The van der Waals surface area contributed by atoms with Gasteiger partial charge in [0, 0.05) is 19.2 Å². The molecule has 0 bridgehead atoms. The molecule has 0 N–H and O–H groups in total. The molecule has 29 heavy (non-hydrogen) atoms. The van der Waals surface area contributed by atoms with Crippen LogP contribution in [0.4, 0.5) is 4.39 Å². The second-order valence-electron chi connectivity index (χ2n) is 7.50. The zero-order valence-electron chi connectivity index (χ0n) is 16.8. The fourth-order valence-electron chi connectivity index (χ4n) is 3.40. The van der Waals surface area contributed by atoms with Crippen LogP contribution in [-0.2, 0) is 16.1 Å². The summed E-state index contributed by atoms with van der Waals surface area (Å²) in [5, 5.41) is 0. The molecular weight excluding hydrogens is 375 g/mol. The van der Waals surface area contributed by atoms with E-state index in [-0.39, 0.29) is 30.2 Å². The molecule has 1 aliphatic rings. The molecule has 1 fully saturated rings. The standard InChI is InChI=1S/C22H27FN2O4/c1-16(2)25(22(27)19-9-3-4-10-20(19)23)15-21(26)24(13-17-7-5-11-28-17)14-18-8-6-12-29-18/h3-5,7,9-11,16,18H,6,8,12-15H2,1-2H3/t18-/m1/s1. The number of furan rings is 1. The van der Waals surface area contributed by atoms with Crippen molar-refractivity contribution < 1.29 is 23.1 Å². The third-order valence-corrected chi connectivity index (χ3v) is 5.02. The highest BCUT2D eigenvalue weighted by Crippen LogP contribution is 2.17. The quantitative estimate of drug-likeness (QED) is 0.678. The van der Waals surface area contributed by atoms with E-state index in [4.69, 9.17) is 9.15 Å². The number of halogens is 1. The maximum absolute atomic E-state index is 14.1. The monoisotopic (exact) mass is 402 g/mol. The first-order chi connectivity index (χ1) is 14.0. The van der Waals surface area contributed by atoms with Crippen LogP contribution in [-0.4, -0.2) is 53.5 Å². The van der Waals surface area contributed by atoms with E-state index in [0.29, 0.717) is 25.5 Å². The zero-order chi connectivity index (χ0) is 20.8. The van der Waals surface area contributed by atoms with Crippen molar-refractivity contribution in [2.75, 3.05) is 19.7 Å². The van der Waals surface area contributed by atoms with Crippen molar-refractivity contribution in [2.45, 2.75) is 45.4 Å². The van der Waals surface area contributed by atoms with Crippen molar-refractivity contribution in [2.24, 2.45) is 0 Å². The third kappa shape index (κ3) is 5.44. The lowest BCUT2D eigenvalue weighted by Crippen LogP contribution is -2.47. The van der Waals surface area contributed by atoms with Gasteiger partial charge < -0.3 is 19.0 Å². The van der Waals surface area contributed by atoms with Gasteiger partial charge in [0.2, 0.25) is 5.91 Å². The summed E-state index contributed by atoms with van der Waals surface area (Å²) >= 11 is 0. The number of carbonyl (C=O) groups excluding carboxylic acids is 2. The molecule has 0 saturated carbocycles. The summed E-state index contributed by atoms with van der Waals surface area (Å²) in [7, 11) is 0. The third-order valence-electron chi connectivity index (χ3n) is 5.02. The van der Waals surface area contributed by atoms with Gasteiger partial charge in [-0.3, -0.25) is 9.59 Å². The van der Waals surface area contributed by atoms with Crippen LogP contribution < -0.4 is 0 Å². The Hall–Kier alpha value is -2.67. The van der Waals surface area contributed by atoms with Crippen LogP contribution in [0.3, 0.4) is 0 Å². The van der Waals surface area contributed by atoms with Gasteiger partial charge in [-0.15, -0.1) is 0 Å². The summed E-state index contributed by atoms with van der Waals surface area (Å²) in [6, 6.07) is 9.13. The van der Waals surface area contributed by atoms with Crippen molar-refractivity contribution in [3.63, 3.8) is 0 Å². The van der Waals surface area contributed by atoms with Gasteiger partial charge in [-0.2, -0.15) is 0 Å². The number of hydrogen-bond donors (Lipinski definition) is 0. The van der Waals surface area contributed by atoms with E-state index in [1.165, 1.54) is 23.1 Å². The van der Waals surface area contributed by atoms with E-state index in [1.807, 2.05) is 13.8 Å². The van der Waals surface area contributed by atoms with Gasteiger partial charge in [-0.25, -0.2) is 4.39 Å². The van der Waals surface area contributed by atoms with E-state index in [2.05, 4.69) is 0 Å². The average Bonchev–Trinajstić information content (AvgIpc) is 3.39. The summed E-state index contributed by atoms with van der Waals surface area (Å²) in [5.74, 6) is -0.660. The Bertz CT molecular complexity index is 816. The minimum absolute atomic E-state index is 0.0244. The van der Waals surface area contributed by atoms with Crippen molar-refractivity contribution in [1.82, 2.24) is 9.80 Å². The first-order valence-electron chi connectivity index (χ1n) is 9.93. The largest absolute Gasteiger partial charge is 0.467 e. The molecule has 156 valence electrons. The fourth-order valence-corrected chi connectivity index (χ4v) is 3.40. The molecule has 2 aromatic rings. The Balaban J connectivity index is 1.75. The maximum Gasteiger partial charge on any atom is 0.257 e.